The molecule has 0 saturated carbocycles. The zero-order valence-electron chi connectivity index (χ0n) is 16.1. The number of hydrogen-bond donors (Lipinski definition) is 1. The third-order valence-electron chi connectivity index (χ3n) is 4.22. The van der Waals surface area contributed by atoms with E-state index in [2.05, 4.69) is 10.3 Å². The molecule has 1 amide bonds. The first-order chi connectivity index (χ1) is 13.6. The molecule has 1 heterocycles. The second-order valence-corrected chi connectivity index (χ2v) is 7.42. The Morgan fingerprint density at radius 1 is 1.14 bits per heavy atom. The highest BCUT2D eigenvalue weighted by atomic mass is 32.2. The molecule has 2 aromatic carbocycles. The number of benzene rings is 2. The Balaban J connectivity index is 1.62. The fourth-order valence-corrected chi connectivity index (χ4v) is 3.53. The van der Waals surface area contributed by atoms with Crippen LogP contribution in [-0.2, 0) is 11.3 Å². The van der Waals surface area contributed by atoms with E-state index in [0.717, 1.165) is 27.9 Å². The Kier molecular flexibility index (Phi) is 6.60. The summed E-state index contributed by atoms with van der Waals surface area (Å²) in [6.07, 6.45) is 3.60. The van der Waals surface area contributed by atoms with E-state index in [1.807, 2.05) is 66.2 Å². The highest BCUT2D eigenvalue weighted by molar-refractivity contribution is 8.00. The van der Waals surface area contributed by atoms with Crippen molar-refractivity contribution in [2.45, 2.75) is 23.9 Å². The summed E-state index contributed by atoms with van der Waals surface area (Å²) in [6, 6.07) is 15.4. The van der Waals surface area contributed by atoms with Gasteiger partial charge in [-0.3, -0.25) is 9.36 Å². The van der Waals surface area contributed by atoms with E-state index in [-0.39, 0.29) is 11.2 Å². The van der Waals surface area contributed by atoms with Crippen LogP contribution in [0.4, 0.5) is 0 Å². The van der Waals surface area contributed by atoms with Crippen LogP contribution in [0.1, 0.15) is 12.5 Å². The Bertz CT molecular complexity index is 925. The average molecular weight is 398 g/mol. The number of amides is 1. The summed E-state index contributed by atoms with van der Waals surface area (Å²) in [5, 5.41) is 3.43. The number of imidazole rings is 1. The van der Waals surface area contributed by atoms with Crippen molar-refractivity contribution in [2.24, 2.45) is 0 Å². The van der Waals surface area contributed by atoms with E-state index in [4.69, 9.17) is 9.47 Å². The van der Waals surface area contributed by atoms with Gasteiger partial charge >= 0.3 is 0 Å². The van der Waals surface area contributed by atoms with Crippen molar-refractivity contribution < 1.29 is 14.3 Å². The van der Waals surface area contributed by atoms with Crippen LogP contribution in [0, 0.1) is 0 Å². The van der Waals surface area contributed by atoms with Crippen molar-refractivity contribution in [2.75, 3.05) is 14.2 Å². The summed E-state index contributed by atoms with van der Waals surface area (Å²) in [7, 11) is 3.27. The summed E-state index contributed by atoms with van der Waals surface area (Å²) >= 11 is 1.41. The third kappa shape index (κ3) is 4.86. The van der Waals surface area contributed by atoms with Crippen LogP contribution < -0.4 is 14.8 Å². The van der Waals surface area contributed by atoms with Crippen LogP contribution in [0.5, 0.6) is 11.5 Å². The van der Waals surface area contributed by atoms with Crippen LogP contribution in [0.25, 0.3) is 5.69 Å². The van der Waals surface area contributed by atoms with E-state index in [1.165, 1.54) is 11.8 Å². The van der Waals surface area contributed by atoms with E-state index in [0.29, 0.717) is 6.54 Å². The minimum Gasteiger partial charge on any atom is -0.497 e. The van der Waals surface area contributed by atoms with Gasteiger partial charge in [-0.15, -0.1) is 0 Å². The molecule has 0 fully saturated rings. The van der Waals surface area contributed by atoms with Gasteiger partial charge in [0.05, 0.1) is 25.2 Å². The highest BCUT2D eigenvalue weighted by Crippen LogP contribution is 2.26. The molecule has 0 radical (unpaired) electrons. The molecule has 7 heteroatoms. The smallest absolute Gasteiger partial charge is 0.233 e. The number of methoxy groups -OCH3 is 2. The predicted molar refractivity (Wildman–Crippen MR) is 110 cm³/mol. The monoisotopic (exact) mass is 397 g/mol. The van der Waals surface area contributed by atoms with Crippen molar-refractivity contribution in [3.8, 4) is 17.2 Å². The summed E-state index contributed by atoms with van der Waals surface area (Å²) in [5.41, 5.74) is 1.95. The van der Waals surface area contributed by atoms with Crippen LogP contribution in [0.15, 0.2) is 66.1 Å². The number of ether oxygens (including phenoxy) is 2. The average Bonchev–Trinajstić information content (AvgIpc) is 3.20. The second-order valence-electron chi connectivity index (χ2n) is 6.11. The molecular formula is C21H23N3O3S. The van der Waals surface area contributed by atoms with Gasteiger partial charge in [-0.1, -0.05) is 30.0 Å². The number of nitrogens with zero attached hydrogens (tertiary/aromatic N) is 2. The number of rotatable bonds is 8. The lowest BCUT2D eigenvalue weighted by molar-refractivity contribution is -0.120. The molecule has 0 spiro atoms. The standard InChI is InChI=1S/C21H23N3O3S/c1-15(20(25)23-14-16-7-9-18(26-2)10-8-16)28-21-22-11-12-24(21)17-5-4-6-19(13-17)27-3/h4-13,15H,14H2,1-3H3,(H,23,25)/t15-/m1/s1. The zero-order chi connectivity index (χ0) is 19.9. The van der Waals surface area contributed by atoms with Crippen molar-refractivity contribution in [3.05, 3.63) is 66.5 Å². The Labute approximate surface area is 168 Å². The minimum absolute atomic E-state index is 0.0407. The normalized spacial score (nSPS) is 11.7. The first-order valence-corrected chi connectivity index (χ1v) is 9.73. The maximum absolute atomic E-state index is 12.5. The molecule has 28 heavy (non-hydrogen) atoms. The molecule has 1 atom stereocenters. The first kappa shape index (κ1) is 19.8. The van der Waals surface area contributed by atoms with Gasteiger partial charge in [-0.25, -0.2) is 4.98 Å². The number of thioether (sulfide) groups is 1. The number of hydrogen-bond acceptors (Lipinski definition) is 5. The lowest BCUT2D eigenvalue weighted by Crippen LogP contribution is -2.30. The molecule has 0 aliphatic heterocycles. The molecule has 0 aliphatic carbocycles. The fourth-order valence-electron chi connectivity index (χ4n) is 2.62. The maximum atomic E-state index is 12.5. The largest absolute Gasteiger partial charge is 0.497 e. The van der Waals surface area contributed by atoms with E-state index in [9.17, 15) is 4.79 Å². The third-order valence-corrected chi connectivity index (χ3v) is 5.30. The molecule has 0 unspecified atom stereocenters. The number of aromatic nitrogens is 2. The van der Waals surface area contributed by atoms with Gasteiger partial charge in [0, 0.05) is 25.0 Å². The summed E-state index contributed by atoms with van der Waals surface area (Å²) < 4.78 is 12.4. The van der Waals surface area contributed by atoms with E-state index in [1.54, 1.807) is 20.4 Å². The molecular weight excluding hydrogens is 374 g/mol. The van der Waals surface area contributed by atoms with Crippen LogP contribution in [0.2, 0.25) is 0 Å². The number of carbonyl (C=O) groups is 1. The van der Waals surface area contributed by atoms with Crippen LogP contribution in [-0.4, -0.2) is 34.9 Å². The molecule has 3 rings (SSSR count). The van der Waals surface area contributed by atoms with Crippen LogP contribution >= 0.6 is 11.8 Å². The lowest BCUT2D eigenvalue weighted by atomic mass is 10.2. The molecule has 0 bridgehead atoms. The number of carbonyl (C=O) groups excluding carboxylic acids is 1. The molecule has 1 aromatic heterocycles. The predicted octanol–water partition coefficient (Wildman–Crippen LogP) is 3.69. The van der Waals surface area contributed by atoms with Gasteiger partial charge in [0.2, 0.25) is 5.91 Å². The molecule has 146 valence electrons. The molecule has 6 nitrogen and oxygen atoms in total. The van der Waals surface area contributed by atoms with Gasteiger partial charge < -0.3 is 14.8 Å². The molecule has 0 saturated heterocycles. The summed E-state index contributed by atoms with van der Waals surface area (Å²) in [5.74, 6) is 1.52. The van der Waals surface area contributed by atoms with Crippen molar-refractivity contribution in [3.63, 3.8) is 0 Å². The van der Waals surface area contributed by atoms with Crippen molar-refractivity contribution >= 4 is 17.7 Å². The SMILES string of the molecule is COc1ccc(CNC(=O)[C@@H](C)Sc2nccn2-c2cccc(OC)c2)cc1. The fraction of sp³-hybridized carbons (Fsp3) is 0.238. The highest BCUT2D eigenvalue weighted by Gasteiger charge is 2.17. The Hall–Kier alpha value is -2.93. The molecule has 3 aromatic rings. The van der Waals surface area contributed by atoms with E-state index >= 15 is 0 Å². The minimum atomic E-state index is -0.287. The first-order valence-electron chi connectivity index (χ1n) is 8.86. The quantitative estimate of drug-likeness (QED) is 0.588. The Morgan fingerprint density at radius 2 is 1.89 bits per heavy atom. The summed E-state index contributed by atoms with van der Waals surface area (Å²) in [6.45, 7) is 2.34. The van der Waals surface area contributed by atoms with Gasteiger partial charge in [-0.05, 0) is 36.8 Å². The van der Waals surface area contributed by atoms with Crippen molar-refractivity contribution in [1.82, 2.24) is 14.9 Å². The van der Waals surface area contributed by atoms with E-state index < -0.39 is 0 Å². The zero-order valence-corrected chi connectivity index (χ0v) is 16.9. The maximum Gasteiger partial charge on any atom is 0.233 e. The molecule has 1 N–H and O–H groups in total. The van der Waals surface area contributed by atoms with Gasteiger partial charge in [0.25, 0.3) is 0 Å². The van der Waals surface area contributed by atoms with Gasteiger partial charge in [0.15, 0.2) is 5.16 Å². The van der Waals surface area contributed by atoms with Gasteiger partial charge in [-0.2, -0.15) is 0 Å². The summed E-state index contributed by atoms with van der Waals surface area (Å²) in [4.78, 5) is 16.9. The van der Waals surface area contributed by atoms with Gasteiger partial charge in [0.1, 0.15) is 11.5 Å². The molecule has 0 aliphatic rings. The topological polar surface area (TPSA) is 65.4 Å². The van der Waals surface area contributed by atoms with Crippen molar-refractivity contribution in [1.29, 1.82) is 0 Å². The second kappa shape index (κ2) is 9.32. The Morgan fingerprint density at radius 3 is 2.61 bits per heavy atom. The number of nitrogens with one attached hydrogen (secondary N) is 1. The van der Waals surface area contributed by atoms with Crippen LogP contribution in [0.3, 0.4) is 0 Å². The lowest BCUT2D eigenvalue weighted by Gasteiger charge is -2.14.